The zero-order chi connectivity index (χ0) is 14.1. The van der Waals surface area contributed by atoms with E-state index in [0.717, 1.165) is 28.2 Å². The molecular formula is C14H13N5S. The fourth-order valence-electron chi connectivity index (χ4n) is 2.16. The third-order valence-corrected chi connectivity index (χ3v) is 3.11. The average molecular weight is 283 g/mol. The summed E-state index contributed by atoms with van der Waals surface area (Å²) in [5.74, 6) is 1.50. The molecule has 0 saturated heterocycles. The molecule has 20 heavy (non-hydrogen) atoms. The van der Waals surface area contributed by atoms with Crippen LogP contribution in [0.1, 0.15) is 11.4 Å². The predicted molar refractivity (Wildman–Crippen MR) is 81.9 cm³/mol. The maximum atomic E-state index is 5.67. The van der Waals surface area contributed by atoms with E-state index in [0.29, 0.717) is 11.4 Å². The second kappa shape index (κ2) is 4.97. The van der Waals surface area contributed by atoms with Gasteiger partial charge in [0.1, 0.15) is 5.82 Å². The highest BCUT2D eigenvalue weighted by Crippen LogP contribution is 2.20. The van der Waals surface area contributed by atoms with Crippen molar-refractivity contribution in [3.8, 4) is 5.82 Å². The quantitative estimate of drug-likeness (QED) is 0.744. The van der Waals surface area contributed by atoms with Gasteiger partial charge >= 0.3 is 0 Å². The standard InChI is InChI=1S/C14H13N5S/c1-9-6-14(18-16-8-9)19-11-5-3-2-4-10(11)17-13(19)7-12(15)20/h2-6,8H,7H2,1H3,(H2,15,20). The molecular weight excluding hydrogens is 270 g/mol. The molecule has 0 radical (unpaired) electrons. The Morgan fingerprint density at radius 1 is 1.35 bits per heavy atom. The molecule has 0 fully saturated rings. The number of benzene rings is 1. The highest BCUT2D eigenvalue weighted by molar-refractivity contribution is 7.80. The topological polar surface area (TPSA) is 69.6 Å². The molecule has 0 atom stereocenters. The normalized spacial score (nSPS) is 10.8. The van der Waals surface area contributed by atoms with E-state index in [-0.39, 0.29) is 0 Å². The van der Waals surface area contributed by atoms with Gasteiger partial charge in [0.25, 0.3) is 0 Å². The zero-order valence-electron chi connectivity index (χ0n) is 10.9. The Morgan fingerprint density at radius 3 is 2.90 bits per heavy atom. The van der Waals surface area contributed by atoms with Crippen LogP contribution >= 0.6 is 12.2 Å². The van der Waals surface area contributed by atoms with Crippen LogP contribution in [-0.2, 0) is 6.42 Å². The van der Waals surface area contributed by atoms with Gasteiger partial charge in [-0.2, -0.15) is 5.10 Å². The molecule has 0 aliphatic carbocycles. The van der Waals surface area contributed by atoms with Gasteiger partial charge in [-0.25, -0.2) is 4.98 Å². The van der Waals surface area contributed by atoms with Gasteiger partial charge in [-0.3, -0.25) is 4.57 Å². The summed E-state index contributed by atoms with van der Waals surface area (Å²) < 4.78 is 1.95. The van der Waals surface area contributed by atoms with Gasteiger partial charge in [0.05, 0.1) is 28.6 Å². The number of aryl methyl sites for hydroxylation is 1. The van der Waals surface area contributed by atoms with Crippen molar-refractivity contribution in [3.05, 3.63) is 47.9 Å². The number of nitrogens with zero attached hydrogens (tertiary/aromatic N) is 4. The summed E-state index contributed by atoms with van der Waals surface area (Å²) in [7, 11) is 0. The lowest BCUT2D eigenvalue weighted by atomic mass is 10.3. The maximum Gasteiger partial charge on any atom is 0.161 e. The van der Waals surface area contributed by atoms with Crippen molar-refractivity contribution in [3.63, 3.8) is 0 Å². The number of imidazole rings is 1. The second-order valence-electron chi connectivity index (χ2n) is 4.59. The first-order chi connectivity index (χ1) is 9.65. The Morgan fingerprint density at radius 2 is 2.15 bits per heavy atom. The van der Waals surface area contributed by atoms with Crippen molar-refractivity contribution in [1.29, 1.82) is 0 Å². The van der Waals surface area contributed by atoms with Crippen LogP contribution in [0.2, 0.25) is 0 Å². The van der Waals surface area contributed by atoms with Crippen molar-refractivity contribution >= 4 is 28.2 Å². The fourth-order valence-corrected chi connectivity index (χ4v) is 2.29. The number of hydrogen-bond donors (Lipinski definition) is 1. The summed E-state index contributed by atoms with van der Waals surface area (Å²) in [5.41, 5.74) is 8.56. The van der Waals surface area contributed by atoms with Crippen molar-refractivity contribution in [1.82, 2.24) is 19.7 Å². The highest BCUT2D eigenvalue weighted by atomic mass is 32.1. The molecule has 2 aromatic heterocycles. The molecule has 5 nitrogen and oxygen atoms in total. The Balaban J connectivity index is 2.28. The molecule has 0 aliphatic heterocycles. The van der Waals surface area contributed by atoms with Gasteiger partial charge in [0, 0.05) is 0 Å². The molecule has 1 aromatic carbocycles. The molecule has 0 aliphatic rings. The molecule has 2 N–H and O–H groups in total. The maximum absolute atomic E-state index is 5.67. The Labute approximate surface area is 121 Å². The third kappa shape index (κ3) is 2.25. The molecule has 0 bridgehead atoms. The largest absolute Gasteiger partial charge is 0.393 e. The first-order valence-electron chi connectivity index (χ1n) is 6.19. The summed E-state index contributed by atoms with van der Waals surface area (Å²) in [5, 5.41) is 8.19. The van der Waals surface area contributed by atoms with Crippen LogP contribution in [0, 0.1) is 6.92 Å². The van der Waals surface area contributed by atoms with Crippen LogP contribution in [0.3, 0.4) is 0 Å². The van der Waals surface area contributed by atoms with Crippen molar-refractivity contribution in [2.75, 3.05) is 0 Å². The summed E-state index contributed by atoms with van der Waals surface area (Å²) in [6, 6.07) is 9.83. The average Bonchev–Trinajstić information content (AvgIpc) is 2.75. The van der Waals surface area contributed by atoms with Crippen LogP contribution in [0.4, 0.5) is 0 Å². The number of thiocarbonyl (C=S) groups is 1. The molecule has 2 heterocycles. The van der Waals surface area contributed by atoms with Gasteiger partial charge in [-0.15, -0.1) is 5.10 Å². The number of para-hydroxylation sites is 2. The van der Waals surface area contributed by atoms with E-state index in [1.54, 1.807) is 6.20 Å². The molecule has 0 amide bonds. The number of rotatable bonds is 3. The van der Waals surface area contributed by atoms with Crippen molar-refractivity contribution < 1.29 is 0 Å². The van der Waals surface area contributed by atoms with Crippen LogP contribution in [0.25, 0.3) is 16.9 Å². The Hall–Kier alpha value is -2.34. The SMILES string of the molecule is Cc1cnnc(-n2c(CC(N)=S)nc3ccccc32)c1. The van der Waals surface area contributed by atoms with Crippen LogP contribution in [-0.4, -0.2) is 24.7 Å². The lowest BCUT2D eigenvalue weighted by molar-refractivity contribution is 0.877. The van der Waals surface area contributed by atoms with Gasteiger partial charge in [0.15, 0.2) is 5.82 Å². The van der Waals surface area contributed by atoms with Crippen LogP contribution in [0.5, 0.6) is 0 Å². The highest BCUT2D eigenvalue weighted by Gasteiger charge is 2.14. The van der Waals surface area contributed by atoms with Crippen molar-refractivity contribution in [2.24, 2.45) is 5.73 Å². The van der Waals surface area contributed by atoms with E-state index in [1.807, 2.05) is 41.8 Å². The molecule has 3 aromatic rings. The number of nitrogens with two attached hydrogens (primary N) is 1. The minimum atomic E-state index is 0.405. The number of aromatic nitrogens is 4. The van der Waals surface area contributed by atoms with E-state index in [9.17, 15) is 0 Å². The van der Waals surface area contributed by atoms with Crippen LogP contribution < -0.4 is 5.73 Å². The lowest BCUT2D eigenvalue weighted by Gasteiger charge is -2.07. The summed E-state index contributed by atoms with van der Waals surface area (Å²) in [6.07, 6.45) is 2.15. The summed E-state index contributed by atoms with van der Waals surface area (Å²) >= 11 is 5.01. The predicted octanol–water partition coefficient (Wildman–Crippen LogP) is 1.95. The monoisotopic (exact) mass is 283 g/mol. The minimum absolute atomic E-state index is 0.405. The molecule has 6 heteroatoms. The van der Waals surface area contributed by atoms with E-state index in [4.69, 9.17) is 18.0 Å². The number of hydrogen-bond acceptors (Lipinski definition) is 4. The van der Waals surface area contributed by atoms with E-state index in [1.165, 1.54) is 0 Å². The second-order valence-corrected chi connectivity index (χ2v) is 5.11. The first kappa shape index (κ1) is 12.7. The van der Waals surface area contributed by atoms with E-state index >= 15 is 0 Å². The van der Waals surface area contributed by atoms with E-state index in [2.05, 4.69) is 15.2 Å². The molecule has 0 saturated carbocycles. The lowest BCUT2D eigenvalue weighted by Crippen LogP contribution is -2.15. The van der Waals surface area contributed by atoms with Gasteiger partial charge < -0.3 is 5.73 Å². The Bertz CT molecular complexity index is 793. The van der Waals surface area contributed by atoms with E-state index < -0.39 is 0 Å². The fraction of sp³-hybridized carbons (Fsp3) is 0.143. The smallest absolute Gasteiger partial charge is 0.161 e. The zero-order valence-corrected chi connectivity index (χ0v) is 11.8. The van der Waals surface area contributed by atoms with Crippen LogP contribution in [0.15, 0.2) is 36.5 Å². The summed E-state index contributed by atoms with van der Waals surface area (Å²) in [4.78, 5) is 4.99. The molecule has 100 valence electrons. The van der Waals surface area contributed by atoms with Gasteiger partial charge in [0.2, 0.25) is 0 Å². The minimum Gasteiger partial charge on any atom is -0.393 e. The third-order valence-electron chi connectivity index (χ3n) is 2.97. The first-order valence-corrected chi connectivity index (χ1v) is 6.60. The summed E-state index contributed by atoms with van der Waals surface area (Å²) in [6.45, 7) is 1.98. The molecule has 0 unspecified atom stereocenters. The van der Waals surface area contributed by atoms with Crippen molar-refractivity contribution in [2.45, 2.75) is 13.3 Å². The van der Waals surface area contributed by atoms with Gasteiger partial charge in [-0.05, 0) is 30.7 Å². The Kier molecular flexibility index (Phi) is 3.15. The number of fused-ring (bicyclic) bond motifs is 1. The molecule has 0 spiro atoms. The molecule has 3 rings (SSSR count). The van der Waals surface area contributed by atoms with Gasteiger partial charge in [-0.1, -0.05) is 24.4 Å².